The van der Waals surface area contributed by atoms with Gasteiger partial charge in [-0.1, -0.05) is 0 Å². The van der Waals surface area contributed by atoms with Gasteiger partial charge in [0.1, 0.15) is 0 Å². The molecule has 0 aromatic heterocycles. The molecule has 0 saturated heterocycles. The Morgan fingerprint density at radius 2 is 2.30 bits per heavy atom. The fourth-order valence-electron chi connectivity index (χ4n) is 0.435. The molecule has 0 unspecified atom stereocenters. The van der Waals surface area contributed by atoms with Crippen LogP contribution in [-0.4, -0.2) is 25.7 Å². The number of carbonyl (C=O) groups is 1. The third kappa shape index (κ3) is 8.93. The van der Waals surface area contributed by atoms with E-state index < -0.39 is 0 Å². The van der Waals surface area contributed by atoms with Gasteiger partial charge < -0.3 is 0 Å². The number of nitrogens with one attached hydrogen (secondary N) is 1. The number of carbonyl (C=O) groups excluding carboxylic acids is 1. The van der Waals surface area contributed by atoms with Gasteiger partial charge in [0.15, 0.2) is 0 Å². The Kier molecular flexibility index (Phi) is 8.78. The molecule has 0 bridgehead atoms. The molecule has 0 aliphatic heterocycles. The summed E-state index contributed by atoms with van der Waals surface area (Å²) in [4.78, 5) is 10.4. The number of hydrogen-bond donors (Lipinski definition) is 1. The van der Waals surface area contributed by atoms with Crippen LogP contribution in [0.3, 0.4) is 0 Å². The number of rotatable bonds is 5. The zero-order valence-corrected chi connectivity index (χ0v) is 10.3. The van der Waals surface area contributed by atoms with Crippen LogP contribution in [0.1, 0.15) is 6.92 Å². The van der Waals surface area contributed by atoms with Crippen molar-refractivity contribution in [2.75, 3.05) is 19.8 Å². The average molecular weight is 368 g/mol. The van der Waals surface area contributed by atoms with Crippen molar-refractivity contribution in [3.8, 4) is 0 Å². The van der Waals surface area contributed by atoms with Crippen molar-refractivity contribution in [3.05, 3.63) is 0 Å². The molecule has 0 fully saturated rings. The first kappa shape index (κ1) is 10.9. The third-order valence-corrected chi connectivity index (χ3v) is 6.01. The molecule has 0 radical (unpaired) electrons. The van der Waals surface area contributed by atoms with Gasteiger partial charge in [0.2, 0.25) is 0 Å². The van der Waals surface area contributed by atoms with Gasteiger partial charge in [-0.05, 0) is 0 Å². The van der Waals surface area contributed by atoms with E-state index in [1.165, 1.54) is 13.3 Å². The van der Waals surface area contributed by atoms with E-state index in [9.17, 15) is 4.79 Å². The summed E-state index contributed by atoms with van der Waals surface area (Å²) >= 11 is 2.76. The molecule has 10 heavy (non-hydrogen) atoms. The van der Waals surface area contributed by atoms with Crippen LogP contribution in [0.5, 0.6) is 0 Å². The normalized spacial score (nSPS) is 9.80. The summed E-state index contributed by atoms with van der Waals surface area (Å²) in [6, 6.07) is 0. The first-order valence-corrected chi connectivity index (χ1v) is 7.69. The summed E-state index contributed by atoms with van der Waals surface area (Å²) < 4.78 is 3.87. The molecular weight excluding hydrogens is 356 g/mol. The average Bonchev–Trinajstić information content (AvgIpc) is 1.87. The predicted molar refractivity (Wildman–Crippen MR) is 47.3 cm³/mol. The zero-order valence-electron chi connectivity index (χ0n) is 5.99. The Morgan fingerprint density at radius 3 is 2.80 bits per heavy atom. The van der Waals surface area contributed by atoms with Crippen molar-refractivity contribution in [3.63, 3.8) is 0 Å². The van der Waals surface area contributed by atoms with Gasteiger partial charge >= 0.3 is 86.6 Å². The summed E-state index contributed by atoms with van der Waals surface area (Å²) in [7, 11) is 0. The van der Waals surface area contributed by atoms with Crippen LogP contribution in [0.15, 0.2) is 0 Å². The van der Waals surface area contributed by atoms with E-state index in [0.29, 0.717) is 21.2 Å². The Balaban J connectivity index is 2.84. The molecule has 0 aliphatic rings. The second kappa shape index (κ2) is 8.03. The van der Waals surface area contributed by atoms with Crippen LogP contribution < -0.4 is 26.5 Å². The molecule has 0 rings (SSSR count). The van der Waals surface area contributed by atoms with Crippen molar-refractivity contribution in [2.24, 2.45) is 0 Å². The van der Waals surface area contributed by atoms with E-state index >= 15 is 0 Å². The summed E-state index contributed by atoms with van der Waals surface area (Å²) in [6.45, 7) is 2.45. The van der Waals surface area contributed by atoms with Gasteiger partial charge in [0, 0.05) is 0 Å². The van der Waals surface area contributed by atoms with Crippen LogP contribution in [0.4, 0.5) is 0 Å². The monoisotopic (exact) mass is 368 g/mol. The molecule has 2 nitrogen and oxygen atoms in total. The topological polar surface area (TPSA) is 29.1 Å². The molecule has 1 N–H and O–H groups in total. The van der Waals surface area contributed by atoms with Crippen molar-refractivity contribution < 1.29 is 26.0 Å². The molecule has 4 heteroatoms. The molecule has 0 heterocycles. The van der Waals surface area contributed by atoms with E-state index in [1.807, 2.05) is 0 Å². The molecule has 0 atom stereocenters. The first-order valence-electron chi connectivity index (χ1n) is 3.11. The molecule has 0 aromatic rings. The molecule has 0 saturated carbocycles. The van der Waals surface area contributed by atoms with E-state index in [1.54, 1.807) is 6.92 Å². The number of halogens is 2. The minimum absolute atomic E-state index is 0.0958. The Bertz CT molecular complexity index is 97.7. The van der Waals surface area contributed by atoms with E-state index in [-0.39, 0.29) is 5.91 Å². The number of amides is 1. The second-order valence-corrected chi connectivity index (χ2v) is 6.05. The van der Waals surface area contributed by atoms with E-state index in [2.05, 4.69) is 27.9 Å². The summed E-state index contributed by atoms with van der Waals surface area (Å²) in [6.07, 6.45) is 0. The van der Waals surface area contributed by atoms with Crippen molar-refractivity contribution in [1.82, 2.24) is 5.32 Å². The number of hydrogen-bond acceptors (Lipinski definition) is 1. The third-order valence-electron chi connectivity index (χ3n) is 0.807. The maximum absolute atomic E-state index is 10.4. The maximum atomic E-state index is 10.4. The quantitative estimate of drug-likeness (QED) is 0.329. The van der Waals surface area contributed by atoms with E-state index in [0.717, 1.165) is 6.54 Å². The van der Waals surface area contributed by atoms with Crippen LogP contribution >= 0.6 is 22.6 Å². The predicted octanol–water partition coefficient (Wildman–Crippen LogP) is -2.35. The minimum atomic E-state index is 0.0958. The molecule has 62 valence electrons. The Labute approximate surface area is 85.9 Å². The van der Waals surface area contributed by atoms with Gasteiger partial charge in [-0.2, -0.15) is 0 Å². The Hall–Kier alpha value is 0.930. The second-order valence-electron chi connectivity index (χ2n) is 1.74. The number of alkyl halides is 3. The van der Waals surface area contributed by atoms with Gasteiger partial charge in [0.25, 0.3) is 0 Å². The van der Waals surface area contributed by atoms with Gasteiger partial charge in [-0.25, -0.2) is 0 Å². The van der Waals surface area contributed by atoms with Crippen LogP contribution in [0, 0.1) is 0 Å². The first-order chi connectivity index (χ1) is 4.77. The molecule has 0 aliphatic carbocycles. The van der Waals surface area contributed by atoms with Crippen LogP contribution in [-0.2, 0) is 4.79 Å². The Morgan fingerprint density at radius 1 is 1.60 bits per heavy atom. The summed E-state index contributed by atoms with van der Waals surface area (Å²) in [5, 5.41) is 2.79. The molecule has 1 amide bonds. The van der Waals surface area contributed by atoms with Crippen LogP contribution in [0.2, 0.25) is 0 Å². The molecule has 0 spiro atoms. The SMILES string of the molecule is CC(=O)NCC[I-]CCI. The van der Waals surface area contributed by atoms with Gasteiger partial charge in [-0.3, -0.25) is 0 Å². The standard InChI is InChI=1S/C6H12I2NO/c1-6(10)9-5-4-8-3-2-7/h2-5H2,1H3,(H,9,10)/q-1. The zero-order chi connectivity index (χ0) is 7.82. The summed E-state index contributed by atoms with van der Waals surface area (Å²) in [5.74, 6) is 0.0958. The van der Waals surface area contributed by atoms with E-state index in [4.69, 9.17) is 0 Å². The van der Waals surface area contributed by atoms with Gasteiger partial charge in [0.05, 0.1) is 0 Å². The van der Waals surface area contributed by atoms with Gasteiger partial charge in [-0.15, -0.1) is 0 Å². The summed E-state index contributed by atoms with van der Waals surface area (Å²) in [5.41, 5.74) is 0. The van der Waals surface area contributed by atoms with Crippen molar-refractivity contribution in [1.29, 1.82) is 0 Å². The van der Waals surface area contributed by atoms with Crippen LogP contribution in [0.25, 0.3) is 0 Å². The molecular formula is C6H12I2NO-. The van der Waals surface area contributed by atoms with Crippen molar-refractivity contribution >= 4 is 28.5 Å². The fraction of sp³-hybridized carbons (Fsp3) is 0.833. The van der Waals surface area contributed by atoms with Crippen molar-refractivity contribution in [2.45, 2.75) is 6.92 Å². The molecule has 0 aromatic carbocycles. The fourth-order valence-corrected chi connectivity index (χ4v) is 3.85.